The van der Waals surface area contributed by atoms with E-state index >= 15 is 0 Å². The van der Waals surface area contributed by atoms with Crippen molar-refractivity contribution in [3.05, 3.63) is 23.8 Å². The Labute approximate surface area is 155 Å². The smallest absolute Gasteiger partial charge is 0.191 e. The highest BCUT2D eigenvalue weighted by atomic mass is 127. The summed E-state index contributed by atoms with van der Waals surface area (Å²) in [7, 11) is 1.75. The van der Waals surface area contributed by atoms with Crippen molar-refractivity contribution in [3.63, 3.8) is 0 Å². The van der Waals surface area contributed by atoms with E-state index in [1.165, 1.54) is 0 Å². The molecular formula is C16H26IN3O3. The minimum atomic E-state index is 0. The fourth-order valence-corrected chi connectivity index (χ4v) is 2.11. The fraction of sp³-hybridized carbons (Fsp3) is 0.562. The van der Waals surface area contributed by atoms with Gasteiger partial charge in [0.15, 0.2) is 17.5 Å². The van der Waals surface area contributed by atoms with E-state index in [2.05, 4.69) is 15.6 Å². The number of nitrogens with one attached hydrogen (secondary N) is 2. The molecule has 2 rings (SSSR count). The Kier molecular flexibility index (Phi) is 9.77. The second kappa shape index (κ2) is 11.3. The van der Waals surface area contributed by atoms with Crippen molar-refractivity contribution in [2.24, 2.45) is 4.99 Å². The minimum Gasteiger partial charge on any atom is -0.490 e. The summed E-state index contributed by atoms with van der Waals surface area (Å²) in [6.07, 6.45) is 0.915. The van der Waals surface area contributed by atoms with Gasteiger partial charge in [-0.3, -0.25) is 4.99 Å². The van der Waals surface area contributed by atoms with Crippen LogP contribution in [-0.2, 0) is 11.3 Å². The van der Waals surface area contributed by atoms with E-state index in [0.29, 0.717) is 26.4 Å². The summed E-state index contributed by atoms with van der Waals surface area (Å²) in [6.45, 7) is 6.19. The summed E-state index contributed by atoms with van der Waals surface area (Å²) < 4.78 is 16.6. The highest BCUT2D eigenvalue weighted by Crippen LogP contribution is 2.30. The zero-order valence-electron chi connectivity index (χ0n) is 13.8. The summed E-state index contributed by atoms with van der Waals surface area (Å²) in [4.78, 5) is 4.19. The fourth-order valence-electron chi connectivity index (χ4n) is 2.11. The lowest BCUT2D eigenvalue weighted by Crippen LogP contribution is -2.38. The molecule has 7 heteroatoms. The van der Waals surface area contributed by atoms with Gasteiger partial charge in [-0.2, -0.15) is 0 Å². The lowest BCUT2D eigenvalue weighted by atomic mass is 10.2. The first-order chi connectivity index (χ1) is 10.8. The number of ether oxygens (including phenoxy) is 3. The first-order valence-corrected chi connectivity index (χ1v) is 7.74. The van der Waals surface area contributed by atoms with Crippen molar-refractivity contribution in [2.45, 2.75) is 19.9 Å². The number of rotatable bonds is 6. The molecule has 0 fully saturated rings. The van der Waals surface area contributed by atoms with Gasteiger partial charge in [-0.15, -0.1) is 24.0 Å². The number of benzene rings is 1. The molecule has 0 unspecified atom stereocenters. The zero-order chi connectivity index (χ0) is 15.6. The molecule has 0 spiro atoms. The summed E-state index contributed by atoms with van der Waals surface area (Å²) in [5, 5.41) is 6.48. The molecule has 130 valence electrons. The molecule has 0 saturated carbocycles. The third kappa shape index (κ3) is 6.82. The Balaban J connectivity index is 0.00000264. The number of halogens is 1. The van der Waals surface area contributed by atoms with Crippen molar-refractivity contribution in [1.82, 2.24) is 10.6 Å². The second-order valence-electron chi connectivity index (χ2n) is 4.88. The van der Waals surface area contributed by atoms with Gasteiger partial charge in [-0.1, -0.05) is 6.07 Å². The molecule has 0 saturated heterocycles. The van der Waals surface area contributed by atoms with Gasteiger partial charge < -0.3 is 24.8 Å². The Bertz CT molecular complexity index is 497. The van der Waals surface area contributed by atoms with Crippen molar-refractivity contribution in [3.8, 4) is 11.5 Å². The number of hydrogen-bond donors (Lipinski definition) is 2. The van der Waals surface area contributed by atoms with Crippen LogP contribution in [0.15, 0.2) is 23.2 Å². The van der Waals surface area contributed by atoms with E-state index in [0.717, 1.165) is 42.6 Å². The van der Waals surface area contributed by atoms with Crippen molar-refractivity contribution < 1.29 is 14.2 Å². The topological polar surface area (TPSA) is 64.1 Å². The SMILES string of the molecule is CCOCCNC(=NC)NCc1ccc2c(c1)OCCCO2.I. The molecule has 0 bridgehead atoms. The van der Waals surface area contributed by atoms with Crippen LogP contribution >= 0.6 is 24.0 Å². The molecule has 1 aromatic carbocycles. The van der Waals surface area contributed by atoms with Gasteiger partial charge in [-0.25, -0.2) is 0 Å². The van der Waals surface area contributed by atoms with Gasteiger partial charge >= 0.3 is 0 Å². The molecule has 0 atom stereocenters. The van der Waals surface area contributed by atoms with Crippen LogP contribution < -0.4 is 20.1 Å². The number of aliphatic imine (C=N–C) groups is 1. The minimum absolute atomic E-state index is 0. The number of nitrogens with zero attached hydrogens (tertiary/aromatic N) is 1. The summed E-state index contributed by atoms with van der Waals surface area (Å²) in [5.74, 6) is 2.39. The predicted octanol–water partition coefficient (Wildman–Crippen LogP) is 2.17. The van der Waals surface area contributed by atoms with Crippen LogP contribution in [0.1, 0.15) is 18.9 Å². The third-order valence-corrected chi connectivity index (χ3v) is 3.24. The molecule has 2 N–H and O–H groups in total. The van der Waals surface area contributed by atoms with E-state index < -0.39 is 0 Å². The van der Waals surface area contributed by atoms with Crippen LogP contribution in [0.5, 0.6) is 11.5 Å². The van der Waals surface area contributed by atoms with E-state index in [1.54, 1.807) is 7.05 Å². The van der Waals surface area contributed by atoms with E-state index in [-0.39, 0.29) is 24.0 Å². The maximum absolute atomic E-state index is 5.70. The highest BCUT2D eigenvalue weighted by molar-refractivity contribution is 14.0. The molecule has 0 aromatic heterocycles. The molecule has 0 amide bonds. The lowest BCUT2D eigenvalue weighted by Gasteiger charge is -2.13. The largest absolute Gasteiger partial charge is 0.490 e. The van der Waals surface area contributed by atoms with Gasteiger partial charge in [0.2, 0.25) is 0 Å². The number of hydrogen-bond acceptors (Lipinski definition) is 4. The highest BCUT2D eigenvalue weighted by Gasteiger charge is 2.10. The third-order valence-electron chi connectivity index (χ3n) is 3.24. The summed E-state index contributed by atoms with van der Waals surface area (Å²) >= 11 is 0. The standard InChI is InChI=1S/C16H25N3O3.HI/c1-3-20-10-7-18-16(17-2)19-12-13-5-6-14-15(11-13)22-9-4-8-21-14;/h5-6,11H,3-4,7-10,12H2,1-2H3,(H2,17,18,19);1H. The first kappa shape index (κ1) is 19.8. The Morgan fingerprint density at radius 1 is 1.22 bits per heavy atom. The Morgan fingerprint density at radius 2 is 2.00 bits per heavy atom. The van der Waals surface area contributed by atoms with Crippen LogP contribution in [0.25, 0.3) is 0 Å². The first-order valence-electron chi connectivity index (χ1n) is 7.74. The van der Waals surface area contributed by atoms with Crippen molar-refractivity contribution >= 4 is 29.9 Å². The molecule has 6 nitrogen and oxygen atoms in total. The van der Waals surface area contributed by atoms with Crippen molar-refractivity contribution in [2.75, 3.05) is 40.0 Å². The molecule has 1 aliphatic rings. The van der Waals surface area contributed by atoms with E-state index in [1.807, 2.05) is 25.1 Å². The average molecular weight is 435 g/mol. The molecule has 23 heavy (non-hydrogen) atoms. The Hall–Kier alpha value is -1.22. The van der Waals surface area contributed by atoms with Gasteiger partial charge in [-0.05, 0) is 24.6 Å². The molecular weight excluding hydrogens is 409 g/mol. The van der Waals surface area contributed by atoms with Crippen LogP contribution in [-0.4, -0.2) is 46.0 Å². The monoisotopic (exact) mass is 435 g/mol. The molecule has 0 aliphatic carbocycles. The van der Waals surface area contributed by atoms with E-state index in [4.69, 9.17) is 14.2 Å². The van der Waals surface area contributed by atoms with Crippen molar-refractivity contribution in [1.29, 1.82) is 0 Å². The van der Waals surface area contributed by atoms with Crippen LogP contribution in [0.4, 0.5) is 0 Å². The second-order valence-corrected chi connectivity index (χ2v) is 4.88. The molecule has 1 heterocycles. The molecule has 1 aliphatic heterocycles. The lowest BCUT2D eigenvalue weighted by molar-refractivity contribution is 0.152. The van der Waals surface area contributed by atoms with E-state index in [9.17, 15) is 0 Å². The quantitative estimate of drug-likeness (QED) is 0.311. The van der Waals surface area contributed by atoms with Gasteiger partial charge in [0, 0.05) is 33.2 Å². The van der Waals surface area contributed by atoms with Crippen LogP contribution in [0.2, 0.25) is 0 Å². The number of guanidine groups is 1. The summed E-state index contributed by atoms with van der Waals surface area (Å²) in [5.41, 5.74) is 1.12. The van der Waals surface area contributed by atoms with Gasteiger partial charge in [0.05, 0.1) is 19.8 Å². The van der Waals surface area contributed by atoms with Crippen LogP contribution in [0.3, 0.4) is 0 Å². The van der Waals surface area contributed by atoms with Gasteiger partial charge in [0.25, 0.3) is 0 Å². The molecule has 1 aromatic rings. The van der Waals surface area contributed by atoms with Crippen LogP contribution in [0, 0.1) is 0 Å². The average Bonchev–Trinajstić information content (AvgIpc) is 2.79. The zero-order valence-corrected chi connectivity index (χ0v) is 16.1. The maximum Gasteiger partial charge on any atom is 0.191 e. The summed E-state index contributed by atoms with van der Waals surface area (Å²) in [6, 6.07) is 6.01. The normalized spacial score (nSPS) is 13.7. The maximum atomic E-state index is 5.70. The molecule has 0 radical (unpaired) electrons. The Morgan fingerprint density at radius 3 is 2.74 bits per heavy atom. The number of fused-ring (bicyclic) bond motifs is 1. The van der Waals surface area contributed by atoms with Gasteiger partial charge in [0.1, 0.15) is 0 Å². The predicted molar refractivity (Wildman–Crippen MR) is 102 cm³/mol.